The maximum atomic E-state index is 11.8. The van der Waals surface area contributed by atoms with Crippen molar-refractivity contribution in [1.29, 1.82) is 0 Å². The van der Waals surface area contributed by atoms with Crippen LogP contribution in [0.4, 0.5) is 5.69 Å². The smallest absolute Gasteiger partial charge is 0.251 e. The summed E-state index contributed by atoms with van der Waals surface area (Å²) >= 11 is 0. The molecule has 20 heavy (non-hydrogen) atoms. The highest BCUT2D eigenvalue weighted by molar-refractivity contribution is 5.96. The second-order valence-electron chi connectivity index (χ2n) is 5.14. The molecule has 0 spiro atoms. The van der Waals surface area contributed by atoms with Crippen molar-refractivity contribution in [1.82, 2.24) is 10.6 Å². The highest BCUT2D eigenvalue weighted by Gasteiger charge is 2.20. The highest BCUT2D eigenvalue weighted by atomic mass is 16.2. The lowest BCUT2D eigenvalue weighted by atomic mass is 10.1. The van der Waals surface area contributed by atoms with Crippen LogP contribution in [0, 0.1) is 6.92 Å². The van der Waals surface area contributed by atoms with Crippen LogP contribution in [-0.2, 0) is 4.79 Å². The molecule has 1 fully saturated rings. The van der Waals surface area contributed by atoms with Crippen LogP contribution in [0.5, 0.6) is 0 Å². The molecular formula is C15H21N3O2. The molecule has 2 amide bonds. The summed E-state index contributed by atoms with van der Waals surface area (Å²) in [5, 5.41) is 8.76. The summed E-state index contributed by atoms with van der Waals surface area (Å²) in [6.45, 7) is 2.59. The number of hydrogen-bond acceptors (Lipinski definition) is 3. The number of amides is 2. The number of carbonyl (C=O) groups excluding carboxylic acids is 2. The van der Waals surface area contributed by atoms with Crippen molar-refractivity contribution < 1.29 is 9.59 Å². The molecule has 1 aliphatic rings. The number of aryl methyl sites for hydroxylation is 1. The van der Waals surface area contributed by atoms with Gasteiger partial charge in [-0.25, -0.2) is 0 Å². The Morgan fingerprint density at radius 3 is 2.65 bits per heavy atom. The summed E-state index contributed by atoms with van der Waals surface area (Å²) in [6, 6.07) is 5.88. The molecule has 2 rings (SSSR count). The van der Waals surface area contributed by atoms with Gasteiger partial charge in [-0.2, -0.15) is 0 Å². The first-order chi connectivity index (χ1) is 9.60. The average molecular weight is 275 g/mol. The fraction of sp³-hybridized carbons (Fsp3) is 0.467. The van der Waals surface area contributed by atoms with Crippen LogP contribution in [0.2, 0.25) is 0 Å². The Hall–Kier alpha value is -1.88. The van der Waals surface area contributed by atoms with Gasteiger partial charge < -0.3 is 16.0 Å². The molecule has 0 aromatic heterocycles. The van der Waals surface area contributed by atoms with Gasteiger partial charge in [0.2, 0.25) is 5.91 Å². The Bertz CT molecular complexity index is 510. The number of nitrogens with one attached hydrogen (secondary N) is 3. The zero-order valence-electron chi connectivity index (χ0n) is 12.0. The number of carbonyl (C=O) groups is 2. The summed E-state index contributed by atoms with van der Waals surface area (Å²) < 4.78 is 0. The second-order valence-corrected chi connectivity index (χ2v) is 5.14. The van der Waals surface area contributed by atoms with Crippen molar-refractivity contribution in [3.8, 4) is 0 Å². The van der Waals surface area contributed by atoms with Crippen LogP contribution in [0.25, 0.3) is 0 Å². The fourth-order valence-electron chi connectivity index (χ4n) is 1.98. The molecule has 5 heteroatoms. The Morgan fingerprint density at radius 1 is 1.30 bits per heavy atom. The van der Waals surface area contributed by atoms with Crippen LogP contribution >= 0.6 is 0 Å². The molecule has 1 aromatic rings. The minimum Gasteiger partial charge on any atom is -0.355 e. The number of rotatable bonds is 6. The van der Waals surface area contributed by atoms with Gasteiger partial charge in [-0.05, 0) is 43.5 Å². The number of benzene rings is 1. The zero-order valence-corrected chi connectivity index (χ0v) is 12.0. The maximum absolute atomic E-state index is 11.8. The van der Waals surface area contributed by atoms with Gasteiger partial charge in [-0.15, -0.1) is 0 Å². The lowest BCUT2D eigenvalue weighted by Gasteiger charge is -2.10. The van der Waals surface area contributed by atoms with E-state index in [0.717, 1.165) is 11.3 Å². The molecule has 108 valence electrons. The van der Waals surface area contributed by atoms with E-state index in [9.17, 15) is 9.59 Å². The predicted octanol–water partition coefficient (Wildman–Crippen LogP) is 1.44. The molecule has 0 atom stereocenters. The quantitative estimate of drug-likeness (QED) is 0.735. The number of anilines is 1. The van der Waals surface area contributed by atoms with Gasteiger partial charge in [-0.1, -0.05) is 0 Å². The van der Waals surface area contributed by atoms with Crippen molar-refractivity contribution in [3.63, 3.8) is 0 Å². The third kappa shape index (κ3) is 4.06. The molecule has 0 saturated heterocycles. The summed E-state index contributed by atoms with van der Waals surface area (Å²) in [5.41, 5.74) is 2.24. The summed E-state index contributed by atoms with van der Waals surface area (Å²) in [4.78, 5) is 23.3. The normalized spacial score (nSPS) is 13.9. The molecule has 5 nitrogen and oxygen atoms in total. The van der Waals surface area contributed by atoms with E-state index in [1.165, 1.54) is 12.8 Å². The predicted molar refractivity (Wildman–Crippen MR) is 78.8 cm³/mol. The van der Waals surface area contributed by atoms with Crippen molar-refractivity contribution >= 4 is 17.5 Å². The maximum Gasteiger partial charge on any atom is 0.251 e. The van der Waals surface area contributed by atoms with Crippen molar-refractivity contribution in [2.45, 2.75) is 32.2 Å². The monoisotopic (exact) mass is 275 g/mol. The van der Waals surface area contributed by atoms with E-state index in [1.807, 2.05) is 6.92 Å². The van der Waals surface area contributed by atoms with Crippen molar-refractivity contribution in [2.24, 2.45) is 0 Å². The fourth-order valence-corrected chi connectivity index (χ4v) is 1.98. The van der Waals surface area contributed by atoms with E-state index < -0.39 is 0 Å². The SMILES string of the molecule is CNC(=O)c1ccc(NC(=O)CCNC2CC2)c(C)c1. The molecule has 0 aliphatic heterocycles. The van der Waals surface area contributed by atoms with Crippen LogP contribution < -0.4 is 16.0 Å². The van der Waals surface area contributed by atoms with Crippen LogP contribution in [0.3, 0.4) is 0 Å². The van der Waals surface area contributed by atoms with Gasteiger partial charge in [0.15, 0.2) is 0 Å². The van der Waals surface area contributed by atoms with E-state index in [1.54, 1.807) is 25.2 Å². The second kappa shape index (κ2) is 6.52. The summed E-state index contributed by atoms with van der Waals surface area (Å²) in [5.74, 6) is -0.131. The Balaban J connectivity index is 1.87. The lowest BCUT2D eigenvalue weighted by Crippen LogP contribution is -2.23. The van der Waals surface area contributed by atoms with Crippen molar-refractivity contribution in [2.75, 3.05) is 18.9 Å². The summed E-state index contributed by atoms with van der Waals surface area (Å²) in [6.07, 6.45) is 2.91. The zero-order chi connectivity index (χ0) is 14.5. The van der Waals surface area contributed by atoms with E-state index in [0.29, 0.717) is 24.6 Å². The first-order valence-electron chi connectivity index (χ1n) is 6.96. The van der Waals surface area contributed by atoms with Gasteiger partial charge in [0.05, 0.1) is 0 Å². The largest absolute Gasteiger partial charge is 0.355 e. The molecule has 0 heterocycles. The number of hydrogen-bond donors (Lipinski definition) is 3. The van der Waals surface area contributed by atoms with E-state index in [4.69, 9.17) is 0 Å². The van der Waals surface area contributed by atoms with Gasteiger partial charge in [0.25, 0.3) is 5.91 Å². The van der Waals surface area contributed by atoms with Gasteiger partial charge in [0, 0.05) is 37.3 Å². The lowest BCUT2D eigenvalue weighted by molar-refractivity contribution is -0.116. The van der Waals surface area contributed by atoms with E-state index in [-0.39, 0.29) is 11.8 Å². The molecule has 3 N–H and O–H groups in total. The minimum absolute atomic E-state index is 0.00561. The topological polar surface area (TPSA) is 70.2 Å². The highest BCUT2D eigenvalue weighted by Crippen LogP contribution is 2.19. The average Bonchev–Trinajstić information content (AvgIpc) is 3.24. The Labute approximate surface area is 119 Å². The van der Waals surface area contributed by atoms with Gasteiger partial charge >= 0.3 is 0 Å². The third-order valence-electron chi connectivity index (χ3n) is 3.35. The van der Waals surface area contributed by atoms with Crippen molar-refractivity contribution in [3.05, 3.63) is 29.3 Å². The third-order valence-corrected chi connectivity index (χ3v) is 3.35. The molecule has 1 saturated carbocycles. The van der Waals surface area contributed by atoms with Crippen LogP contribution in [0.1, 0.15) is 35.2 Å². The van der Waals surface area contributed by atoms with Crippen LogP contribution in [0.15, 0.2) is 18.2 Å². The Morgan fingerprint density at radius 2 is 2.05 bits per heavy atom. The van der Waals surface area contributed by atoms with Gasteiger partial charge in [0.1, 0.15) is 0 Å². The van der Waals surface area contributed by atoms with E-state index >= 15 is 0 Å². The summed E-state index contributed by atoms with van der Waals surface area (Å²) in [7, 11) is 1.60. The first kappa shape index (κ1) is 14.5. The standard InChI is InChI=1S/C15H21N3O2/c1-10-9-11(15(20)16-2)3-6-13(10)18-14(19)7-8-17-12-4-5-12/h3,6,9,12,17H,4-5,7-8H2,1-2H3,(H,16,20)(H,18,19). The molecule has 0 bridgehead atoms. The first-order valence-corrected chi connectivity index (χ1v) is 6.96. The molecule has 1 aromatic carbocycles. The molecular weight excluding hydrogens is 254 g/mol. The molecule has 0 unspecified atom stereocenters. The minimum atomic E-state index is -0.125. The van der Waals surface area contributed by atoms with Gasteiger partial charge in [-0.3, -0.25) is 9.59 Å². The van der Waals surface area contributed by atoms with E-state index in [2.05, 4.69) is 16.0 Å². The molecule has 0 radical (unpaired) electrons. The van der Waals surface area contributed by atoms with Crippen LogP contribution in [-0.4, -0.2) is 31.4 Å². The Kier molecular flexibility index (Phi) is 4.74. The molecule has 1 aliphatic carbocycles.